The minimum absolute atomic E-state index is 0.206. The van der Waals surface area contributed by atoms with Crippen LogP contribution in [-0.4, -0.2) is 25.0 Å². The first-order valence-electron chi connectivity index (χ1n) is 6.18. The quantitative estimate of drug-likeness (QED) is 0.881. The van der Waals surface area contributed by atoms with E-state index >= 15 is 0 Å². The van der Waals surface area contributed by atoms with Crippen LogP contribution in [0.3, 0.4) is 0 Å². The first-order valence-corrected chi connectivity index (χ1v) is 6.56. The van der Waals surface area contributed by atoms with Gasteiger partial charge in [0.05, 0.1) is 5.56 Å². The van der Waals surface area contributed by atoms with Crippen LogP contribution in [0.5, 0.6) is 0 Å². The second-order valence-corrected chi connectivity index (χ2v) is 5.11. The maximum absolute atomic E-state index is 12.1. The molecule has 104 valence electrons. The van der Waals surface area contributed by atoms with Crippen LogP contribution in [-0.2, 0) is 0 Å². The molecule has 0 bridgehead atoms. The summed E-state index contributed by atoms with van der Waals surface area (Å²) >= 11 is 5.70. The number of nitrogens with one attached hydrogen (secondary N) is 1. The van der Waals surface area contributed by atoms with Crippen LogP contribution in [0.1, 0.15) is 15.9 Å². The molecule has 1 heterocycles. The van der Waals surface area contributed by atoms with Gasteiger partial charge in [0.15, 0.2) is 0 Å². The van der Waals surface area contributed by atoms with Crippen molar-refractivity contribution in [3.8, 4) is 0 Å². The third-order valence-electron chi connectivity index (χ3n) is 2.94. The summed E-state index contributed by atoms with van der Waals surface area (Å²) < 4.78 is 0. The Bertz CT molecular complexity index is 624. The zero-order valence-corrected chi connectivity index (χ0v) is 12.4. The van der Waals surface area contributed by atoms with Crippen molar-refractivity contribution >= 4 is 28.9 Å². The molecule has 20 heavy (non-hydrogen) atoms. The summed E-state index contributed by atoms with van der Waals surface area (Å²) in [7, 11) is 3.94. The van der Waals surface area contributed by atoms with Crippen LogP contribution in [0.25, 0.3) is 0 Å². The van der Waals surface area contributed by atoms with E-state index in [1.165, 1.54) is 6.20 Å². The van der Waals surface area contributed by atoms with Crippen LogP contribution in [0.4, 0.5) is 11.4 Å². The molecular formula is C15H16ClN3O. The second-order valence-electron chi connectivity index (χ2n) is 4.72. The molecule has 0 aliphatic rings. The van der Waals surface area contributed by atoms with Crippen LogP contribution < -0.4 is 10.2 Å². The maximum atomic E-state index is 12.1. The number of aryl methyl sites for hydroxylation is 1. The first-order chi connectivity index (χ1) is 9.47. The van der Waals surface area contributed by atoms with Crippen molar-refractivity contribution in [1.82, 2.24) is 4.98 Å². The number of pyridine rings is 1. The van der Waals surface area contributed by atoms with E-state index in [-0.39, 0.29) is 5.91 Å². The van der Waals surface area contributed by atoms with E-state index < -0.39 is 0 Å². The van der Waals surface area contributed by atoms with Gasteiger partial charge in [0.1, 0.15) is 5.15 Å². The molecule has 0 aliphatic carbocycles. The van der Waals surface area contributed by atoms with Crippen molar-refractivity contribution in [2.24, 2.45) is 0 Å². The van der Waals surface area contributed by atoms with Gasteiger partial charge in [-0.3, -0.25) is 4.79 Å². The molecule has 2 aromatic rings. The van der Waals surface area contributed by atoms with Gasteiger partial charge in [0.2, 0.25) is 0 Å². The number of rotatable bonds is 3. The third kappa shape index (κ3) is 3.27. The number of halogens is 1. The Morgan fingerprint density at radius 1 is 1.25 bits per heavy atom. The van der Waals surface area contributed by atoms with Gasteiger partial charge in [-0.05, 0) is 36.8 Å². The van der Waals surface area contributed by atoms with Gasteiger partial charge in [-0.15, -0.1) is 0 Å². The highest BCUT2D eigenvalue weighted by Gasteiger charge is 2.08. The number of aromatic nitrogens is 1. The highest BCUT2D eigenvalue weighted by atomic mass is 35.5. The van der Waals surface area contributed by atoms with E-state index in [1.54, 1.807) is 12.1 Å². The predicted molar refractivity (Wildman–Crippen MR) is 82.7 cm³/mol. The van der Waals surface area contributed by atoms with Gasteiger partial charge in [0, 0.05) is 31.7 Å². The predicted octanol–water partition coefficient (Wildman–Crippen LogP) is 3.36. The molecule has 0 atom stereocenters. The molecule has 0 unspecified atom stereocenters. The van der Waals surface area contributed by atoms with Gasteiger partial charge in [0.25, 0.3) is 5.91 Å². The minimum Gasteiger partial charge on any atom is -0.377 e. The lowest BCUT2D eigenvalue weighted by molar-refractivity contribution is 0.102. The molecule has 0 spiro atoms. The van der Waals surface area contributed by atoms with Crippen molar-refractivity contribution in [3.63, 3.8) is 0 Å². The zero-order valence-electron chi connectivity index (χ0n) is 11.6. The summed E-state index contributed by atoms with van der Waals surface area (Å²) in [6.45, 7) is 2.03. The fraction of sp³-hybridized carbons (Fsp3) is 0.200. The molecule has 0 saturated carbocycles. The average molecular weight is 290 g/mol. The van der Waals surface area contributed by atoms with E-state index in [0.29, 0.717) is 10.7 Å². The minimum atomic E-state index is -0.206. The van der Waals surface area contributed by atoms with Crippen molar-refractivity contribution in [2.75, 3.05) is 24.3 Å². The third-order valence-corrected chi connectivity index (χ3v) is 3.16. The van der Waals surface area contributed by atoms with E-state index in [2.05, 4.69) is 10.3 Å². The van der Waals surface area contributed by atoms with Crippen LogP contribution in [0, 0.1) is 6.92 Å². The van der Waals surface area contributed by atoms with Gasteiger partial charge in [-0.25, -0.2) is 4.98 Å². The molecule has 1 aromatic carbocycles. The number of benzene rings is 1. The molecule has 0 aliphatic heterocycles. The van der Waals surface area contributed by atoms with Crippen molar-refractivity contribution in [2.45, 2.75) is 6.92 Å². The monoisotopic (exact) mass is 289 g/mol. The van der Waals surface area contributed by atoms with Gasteiger partial charge >= 0.3 is 0 Å². The lowest BCUT2D eigenvalue weighted by Crippen LogP contribution is -2.14. The lowest BCUT2D eigenvalue weighted by atomic mass is 10.1. The SMILES string of the molecule is Cc1ccc(NC(=O)c2ccc(Cl)nc2)cc1N(C)C. The summed E-state index contributed by atoms with van der Waals surface area (Å²) in [5, 5.41) is 3.22. The van der Waals surface area contributed by atoms with Crippen LogP contribution >= 0.6 is 11.6 Å². The highest BCUT2D eigenvalue weighted by molar-refractivity contribution is 6.29. The number of carbonyl (C=O) groups excluding carboxylic acids is 1. The molecule has 2 rings (SSSR count). The van der Waals surface area contributed by atoms with Gasteiger partial charge in [-0.2, -0.15) is 0 Å². The lowest BCUT2D eigenvalue weighted by Gasteiger charge is -2.17. The van der Waals surface area contributed by atoms with Crippen LogP contribution in [0.2, 0.25) is 5.15 Å². The summed E-state index contributed by atoms with van der Waals surface area (Å²) in [5.74, 6) is -0.206. The van der Waals surface area contributed by atoms with E-state index in [9.17, 15) is 4.79 Å². The Kier molecular flexibility index (Phi) is 4.25. The average Bonchev–Trinajstić information content (AvgIpc) is 2.41. The Morgan fingerprint density at radius 3 is 2.60 bits per heavy atom. The molecule has 1 N–H and O–H groups in total. The number of amides is 1. The molecule has 1 amide bonds. The van der Waals surface area contributed by atoms with Crippen molar-refractivity contribution < 1.29 is 4.79 Å². The number of carbonyl (C=O) groups is 1. The second kappa shape index (κ2) is 5.92. The zero-order chi connectivity index (χ0) is 14.7. The number of hydrogen-bond donors (Lipinski definition) is 1. The molecule has 1 aromatic heterocycles. The van der Waals surface area contributed by atoms with E-state index in [1.807, 2.05) is 44.1 Å². The normalized spacial score (nSPS) is 10.2. The standard InChI is InChI=1S/C15H16ClN3O/c1-10-4-6-12(8-13(10)19(2)3)18-15(20)11-5-7-14(16)17-9-11/h4-9H,1-3H3,(H,18,20). The van der Waals surface area contributed by atoms with Gasteiger partial charge in [-0.1, -0.05) is 17.7 Å². The van der Waals surface area contributed by atoms with E-state index in [0.717, 1.165) is 16.9 Å². The van der Waals surface area contributed by atoms with Crippen LogP contribution in [0.15, 0.2) is 36.5 Å². The Hall–Kier alpha value is -2.07. The van der Waals surface area contributed by atoms with Crippen molar-refractivity contribution in [1.29, 1.82) is 0 Å². The topological polar surface area (TPSA) is 45.2 Å². The first kappa shape index (κ1) is 14.3. The summed E-state index contributed by atoms with van der Waals surface area (Å²) in [6.07, 6.45) is 1.46. The van der Waals surface area contributed by atoms with Gasteiger partial charge < -0.3 is 10.2 Å². The largest absolute Gasteiger partial charge is 0.377 e. The Morgan fingerprint density at radius 2 is 2.00 bits per heavy atom. The fourth-order valence-electron chi connectivity index (χ4n) is 1.88. The summed E-state index contributed by atoms with van der Waals surface area (Å²) in [4.78, 5) is 18.0. The van der Waals surface area contributed by atoms with E-state index in [4.69, 9.17) is 11.6 Å². The maximum Gasteiger partial charge on any atom is 0.257 e. The fourth-order valence-corrected chi connectivity index (χ4v) is 1.99. The Labute approximate surface area is 123 Å². The molecule has 0 fully saturated rings. The molecular weight excluding hydrogens is 274 g/mol. The van der Waals surface area contributed by atoms with Crippen molar-refractivity contribution in [3.05, 3.63) is 52.8 Å². The molecule has 4 nitrogen and oxygen atoms in total. The number of nitrogens with zero attached hydrogens (tertiary/aromatic N) is 2. The Balaban J connectivity index is 2.19. The molecule has 0 saturated heterocycles. The highest BCUT2D eigenvalue weighted by Crippen LogP contribution is 2.22. The number of anilines is 2. The molecule has 5 heteroatoms. The molecule has 0 radical (unpaired) electrons. The number of hydrogen-bond acceptors (Lipinski definition) is 3. The summed E-state index contributed by atoms with van der Waals surface area (Å²) in [6, 6.07) is 9.04. The smallest absolute Gasteiger partial charge is 0.257 e. The summed E-state index contributed by atoms with van der Waals surface area (Å²) in [5.41, 5.74) is 3.44.